The van der Waals surface area contributed by atoms with E-state index in [0.29, 0.717) is 21.3 Å². The topological polar surface area (TPSA) is 29.1 Å². The number of benzene rings is 2. The van der Waals surface area contributed by atoms with Crippen LogP contribution in [0.3, 0.4) is 0 Å². The Morgan fingerprint density at radius 3 is 2.57 bits per heavy atom. The van der Waals surface area contributed by atoms with E-state index in [1.165, 1.54) is 39.7 Å². The number of aromatic nitrogens is 2. The van der Waals surface area contributed by atoms with Crippen molar-refractivity contribution in [3.8, 4) is 0 Å². The number of thiazole rings is 2. The summed E-state index contributed by atoms with van der Waals surface area (Å²) in [6, 6.07) is 11.9. The monoisotopic (exact) mass is 532 g/mol. The Bertz CT molecular complexity index is 1660. The van der Waals surface area contributed by atoms with Gasteiger partial charge in [-0.15, -0.1) is 11.3 Å². The maximum absolute atomic E-state index is 13.1. The van der Waals surface area contributed by atoms with Gasteiger partial charge in [0.2, 0.25) is 5.52 Å². The molecule has 5 rings (SSSR count). The lowest BCUT2D eigenvalue weighted by molar-refractivity contribution is -0.642. The highest BCUT2D eigenvalue weighted by atomic mass is 32.2. The molecule has 2 aromatic carbocycles. The van der Waals surface area contributed by atoms with E-state index < -0.39 is 11.7 Å². The van der Waals surface area contributed by atoms with Crippen LogP contribution in [-0.2, 0) is 19.8 Å². The molecule has 0 bridgehead atoms. The fourth-order valence-corrected chi connectivity index (χ4v) is 7.26. The minimum atomic E-state index is -4.39. The highest BCUT2D eigenvalue weighted by Gasteiger charge is 2.32. The van der Waals surface area contributed by atoms with E-state index >= 15 is 0 Å². The first kappa shape index (κ1) is 23.9. The zero-order valence-corrected chi connectivity index (χ0v) is 21.5. The van der Waals surface area contributed by atoms with Gasteiger partial charge in [0.05, 0.1) is 26.9 Å². The molecule has 1 aliphatic heterocycles. The van der Waals surface area contributed by atoms with Crippen molar-refractivity contribution in [2.75, 3.05) is 11.9 Å². The summed E-state index contributed by atoms with van der Waals surface area (Å²) >= 11 is 4.32. The molecule has 4 aromatic rings. The molecule has 35 heavy (non-hydrogen) atoms. The highest BCUT2D eigenvalue weighted by Crippen LogP contribution is 2.44. The number of halogens is 3. The molecule has 180 valence electrons. The van der Waals surface area contributed by atoms with Crippen molar-refractivity contribution in [1.82, 2.24) is 4.57 Å². The third kappa shape index (κ3) is 4.34. The van der Waals surface area contributed by atoms with Crippen LogP contribution in [0.2, 0.25) is 0 Å². The number of allylic oxidation sites excluding steroid dienone is 1. The van der Waals surface area contributed by atoms with Gasteiger partial charge in [-0.1, -0.05) is 35.2 Å². The maximum Gasteiger partial charge on any atom is 0.416 e. The number of aryl methyl sites for hydroxylation is 1. The quantitative estimate of drug-likeness (QED) is 0.359. The molecule has 0 unspecified atom stereocenters. The zero-order chi connectivity index (χ0) is 24.9. The Morgan fingerprint density at radius 1 is 1.09 bits per heavy atom. The van der Waals surface area contributed by atoms with Crippen LogP contribution in [0.1, 0.15) is 17.5 Å². The molecule has 10 heteroatoms. The van der Waals surface area contributed by atoms with Crippen molar-refractivity contribution < 1.29 is 17.7 Å². The molecule has 0 atom stereocenters. The number of fused-ring (bicyclic) bond motifs is 2. The molecular formula is C25H21F3N3OS3+. The fourth-order valence-electron chi connectivity index (χ4n) is 3.95. The van der Waals surface area contributed by atoms with Gasteiger partial charge >= 0.3 is 6.18 Å². The predicted octanol–water partition coefficient (Wildman–Crippen LogP) is 4.68. The number of rotatable bonds is 3. The highest BCUT2D eigenvalue weighted by molar-refractivity contribution is 8.03. The average Bonchev–Trinajstić information content (AvgIpc) is 3.43. The number of nitrogens with zero attached hydrogens (tertiary/aromatic N) is 3. The molecule has 2 aromatic heterocycles. The van der Waals surface area contributed by atoms with Crippen LogP contribution in [0.25, 0.3) is 22.4 Å². The van der Waals surface area contributed by atoms with E-state index in [0.717, 1.165) is 26.5 Å². The van der Waals surface area contributed by atoms with Crippen LogP contribution < -0.4 is 24.2 Å². The van der Waals surface area contributed by atoms with Gasteiger partial charge < -0.3 is 4.90 Å². The van der Waals surface area contributed by atoms with Gasteiger partial charge in [0.15, 0.2) is 0 Å². The number of hydrogen-bond donors (Lipinski definition) is 0. The Hall–Kier alpha value is -2.82. The van der Waals surface area contributed by atoms with E-state index in [2.05, 4.69) is 17.0 Å². The SMILES string of the molecule is CCn1c(=O)/c(=C/C=C2\Sc3ccccc3N2C)s/c1=C\c1sc2cc(C(F)(F)F)ccc2[n+]1C. The third-order valence-corrected chi connectivity index (χ3v) is 9.25. The van der Waals surface area contributed by atoms with Gasteiger partial charge in [-0.05, 0) is 43.3 Å². The molecule has 0 saturated heterocycles. The first-order valence-electron chi connectivity index (χ1n) is 10.8. The Labute approximate surface area is 211 Å². The van der Waals surface area contributed by atoms with E-state index in [-0.39, 0.29) is 5.56 Å². The van der Waals surface area contributed by atoms with Crippen LogP contribution in [0.15, 0.2) is 63.3 Å². The van der Waals surface area contributed by atoms with Gasteiger partial charge in [-0.3, -0.25) is 9.36 Å². The summed E-state index contributed by atoms with van der Waals surface area (Å²) in [4.78, 5) is 16.3. The standard InChI is InChI=1S/C25H21F3N3OS3/c1-4-31-23(14-22-30(3)17-10-9-15(25(26,27)28)13-20(17)35-22)34-19(24(31)32)11-12-21-29(2)16-7-5-6-8-18(16)33-21/h5-14H,4H2,1-3H3/q+1/b19-11-,21-12-. The summed E-state index contributed by atoms with van der Waals surface area (Å²) in [7, 11) is 3.82. The third-order valence-electron chi connectivity index (χ3n) is 5.84. The number of alkyl halides is 3. The number of hydrogen-bond acceptors (Lipinski definition) is 5. The maximum atomic E-state index is 13.1. The lowest BCUT2D eigenvalue weighted by Gasteiger charge is -2.12. The molecule has 0 amide bonds. The minimum Gasteiger partial charge on any atom is -0.338 e. The van der Waals surface area contributed by atoms with Gasteiger partial charge in [-0.2, -0.15) is 17.7 Å². The summed E-state index contributed by atoms with van der Waals surface area (Å²) in [6.07, 6.45) is 1.30. The van der Waals surface area contributed by atoms with E-state index in [4.69, 9.17) is 0 Å². The van der Waals surface area contributed by atoms with Crippen LogP contribution in [0, 0.1) is 0 Å². The van der Waals surface area contributed by atoms with Crippen molar-refractivity contribution in [3.63, 3.8) is 0 Å². The summed E-state index contributed by atoms with van der Waals surface area (Å²) in [5.74, 6) is 0. The summed E-state index contributed by atoms with van der Waals surface area (Å²) in [5.41, 5.74) is 1.11. The summed E-state index contributed by atoms with van der Waals surface area (Å²) < 4.78 is 44.9. The normalized spacial score (nSPS) is 16.2. The lowest BCUT2D eigenvalue weighted by Crippen LogP contribution is -2.32. The van der Waals surface area contributed by atoms with Crippen molar-refractivity contribution in [2.45, 2.75) is 24.5 Å². The second-order valence-corrected chi connectivity index (χ2v) is 11.2. The number of anilines is 1. The molecule has 1 aliphatic rings. The van der Waals surface area contributed by atoms with Crippen LogP contribution >= 0.6 is 34.4 Å². The van der Waals surface area contributed by atoms with E-state index in [9.17, 15) is 18.0 Å². The fraction of sp³-hybridized carbons (Fsp3) is 0.200. The smallest absolute Gasteiger partial charge is 0.338 e. The number of thioether (sulfide) groups is 1. The number of para-hydroxylation sites is 1. The molecule has 4 nitrogen and oxygen atoms in total. The first-order valence-corrected chi connectivity index (χ1v) is 13.3. The van der Waals surface area contributed by atoms with Crippen molar-refractivity contribution >= 4 is 62.5 Å². The molecular weight excluding hydrogens is 511 g/mol. The van der Waals surface area contributed by atoms with Gasteiger partial charge in [-0.25, -0.2) is 0 Å². The lowest BCUT2D eigenvalue weighted by atomic mass is 10.2. The summed E-state index contributed by atoms with van der Waals surface area (Å²) in [5, 5.41) is 1.80. The Morgan fingerprint density at radius 2 is 1.86 bits per heavy atom. The minimum absolute atomic E-state index is 0.0770. The second kappa shape index (κ2) is 9.00. The molecule has 0 aliphatic carbocycles. The second-order valence-electron chi connectivity index (χ2n) is 7.98. The van der Waals surface area contributed by atoms with Crippen molar-refractivity contribution in [3.05, 3.63) is 83.7 Å². The Kier molecular flexibility index (Phi) is 6.14. The molecule has 0 saturated carbocycles. The average molecular weight is 533 g/mol. The molecule has 0 N–H and O–H groups in total. The van der Waals surface area contributed by atoms with Crippen molar-refractivity contribution in [1.29, 1.82) is 0 Å². The van der Waals surface area contributed by atoms with Crippen LogP contribution in [0.4, 0.5) is 18.9 Å². The predicted molar refractivity (Wildman–Crippen MR) is 138 cm³/mol. The Balaban J connectivity index is 1.57. The molecule has 3 heterocycles. The molecule has 0 radical (unpaired) electrons. The molecule has 0 spiro atoms. The van der Waals surface area contributed by atoms with Crippen molar-refractivity contribution in [2.24, 2.45) is 7.05 Å². The van der Waals surface area contributed by atoms with Crippen LogP contribution in [-0.4, -0.2) is 11.6 Å². The van der Waals surface area contributed by atoms with Crippen LogP contribution in [0.5, 0.6) is 0 Å². The largest absolute Gasteiger partial charge is 0.416 e. The zero-order valence-electron chi connectivity index (χ0n) is 19.1. The van der Waals surface area contributed by atoms with Gasteiger partial charge in [0, 0.05) is 24.6 Å². The summed E-state index contributed by atoms with van der Waals surface area (Å²) in [6.45, 7) is 2.41. The molecule has 0 fully saturated rings. The van der Waals surface area contributed by atoms with Gasteiger partial charge in [0.1, 0.15) is 16.4 Å². The first-order chi connectivity index (χ1) is 16.7. The van der Waals surface area contributed by atoms with E-state index in [1.807, 2.05) is 55.9 Å². The van der Waals surface area contributed by atoms with Gasteiger partial charge in [0.25, 0.3) is 10.6 Å². The van der Waals surface area contributed by atoms with E-state index in [1.54, 1.807) is 16.3 Å².